The van der Waals surface area contributed by atoms with Crippen LogP contribution in [0.2, 0.25) is 0 Å². The van der Waals surface area contributed by atoms with Crippen LogP contribution in [-0.4, -0.2) is 49.6 Å². The molecule has 0 aliphatic heterocycles. The van der Waals surface area contributed by atoms with Gasteiger partial charge >= 0.3 is 0 Å². The van der Waals surface area contributed by atoms with Crippen molar-refractivity contribution in [1.29, 1.82) is 0 Å². The highest BCUT2D eigenvalue weighted by molar-refractivity contribution is 14.0. The van der Waals surface area contributed by atoms with Crippen molar-refractivity contribution in [2.24, 2.45) is 4.99 Å². The molecule has 1 fully saturated rings. The fourth-order valence-electron chi connectivity index (χ4n) is 2.64. The van der Waals surface area contributed by atoms with Crippen LogP contribution >= 0.6 is 24.0 Å². The molecule has 1 aliphatic rings. The third-order valence-electron chi connectivity index (χ3n) is 4.02. The van der Waals surface area contributed by atoms with E-state index in [1.165, 1.54) is 18.4 Å². The van der Waals surface area contributed by atoms with Crippen molar-refractivity contribution in [2.75, 3.05) is 32.7 Å². The standard InChI is InChI=1S/C18H30N4.HI/c1-3-19-18(20-13-12-16-8-6-5-7-9-16)21-14-15-22(4-2)17-10-11-17;/h5-9,17H,3-4,10-15H2,1-2H3,(H2,19,20,21);1H. The molecule has 0 amide bonds. The lowest BCUT2D eigenvalue weighted by molar-refractivity contribution is 0.286. The van der Waals surface area contributed by atoms with E-state index in [0.29, 0.717) is 0 Å². The molecule has 2 N–H and O–H groups in total. The summed E-state index contributed by atoms with van der Waals surface area (Å²) < 4.78 is 0. The molecule has 0 aromatic heterocycles. The molecule has 1 aromatic carbocycles. The van der Waals surface area contributed by atoms with Gasteiger partial charge in [-0.1, -0.05) is 37.3 Å². The Morgan fingerprint density at radius 3 is 2.52 bits per heavy atom. The SMILES string of the molecule is CCNC(=NCCN(CC)C1CC1)NCCc1ccccc1.I. The van der Waals surface area contributed by atoms with E-state index in [1.807, 2.05) is 0 Å². The molecular weight excluding hydrogens is 399 g/mol. The summed E-state index contributed by atoms with van der Waals surface area (Å²) in [5.74, 6) is 0.935. The number of halogens is 1. The Hall–Kier alpha value is -0.820. The first-order valence-corrected chi connectivity index (χ1v) is 8.63. The number of guanidine groups is 1. The Morgan fingerprint density at radius 2 is 1.91 bits per heavy atom. The lowest BCUT2D eigenvalue weighted by Crippen LogP contribution is -2.39. The third-order valence-corrected chi connectivity index (χ3v) is 4.02. The first-order chi connectivity index (χ1) is 10.8. The van der Waals surface area contributed by atoms with Crippen LogP contribution in [0.4, 0.5) is 0 Å². The summed E-state index contributed by atoms with van der Waals surface area (Å²) in [6, 6.07) is 11.4. The van der Waals surface area contributed by atoms with E-state index in [-0.39, 0.29) is 24.0 Å². The van der Waals surface area contributed by atoms with Crippen molar-refractivity contribution in [3.63, 3.8) is 0 Å². The highest BCUT2D eigenvalue weighted by atomic mass is 127. The largest absolute Gasteiger partial charge is 0.357 e. The van der Waals surface area contributed by atoms with Gasteiger partial charge < -0.3 is 10.6 Å². The minimum Gasteiger partial charge on any atom is -0.357 e. The van der Waals surface area contributed by atoms with Gasteiger partial charge in [-0.15, -0.1) is 24.0 Å². The van der Waals surface area contributed by atoms with Gasteiger partial charge in [0.15, 0.2) is 5.96 Å². The fraction of sp³-hybridized carbons (Fsp3) is 0.611. The number of nitrogens with one attached hydrogen (secondary N) is 2. The topological polar surface area (TPSA) is 39.7 Å². The van der Waals surface area contributed by atoms with Crippen LogP contribution in [0.1, 0.15) is 32.3 Å². The molecule has 23 heavy (non-hydrogen) atoms. The van der Waals surface area contributed by atoms with E-state index in [0.717, 1.165) is 51.1 Å². The molecular formula is C18H31IN4. The maximum atomic E-state index is 4.70. The zero-order chi connectivity index (χ0) is 15.6. The summed E-state index contributed by atoms with van der Waals surface area (Å²) in [4.78, 5) is 7.23. The summed E-state index contributed by atoms with van der Waals surface area (Å²) in [5, 5.41) is 6.75. The average molecular weight is 430 g/mol. The molecule has 2 rings (SSSR count). The molecule has 1 aliphatic carbocycles. The van der Waals surface area contributed by atoms with Crippen LogP contribution in [0, 0.1) is 0 Å². The highest BCUT2D eigenvalue weighted by Crippen LogP contribution is 2.25. The van der Waals surface area contributed by atoms with Gasteiger partial charge in [-0.2, -0.15) is 0 Å². The minimum absolute atomic E-state index is 0. The summed E-state index contributed by atoms with van der Waals surface area (Å²) >= 11 is 0. The van der Waals surface area contributed by atoms with Crippen LogP contribution < -0.4 is 10.6 Å². The van der Waals surface area contributed by atoms with E-state index in [2.05, 4.69) is 59.7 Å². The Labute approximate surface area is 158 Å². The first kappa shape index (κ1) is 20.2. The molecule has 4 nitrogen and oxygen atoms in total. The second kappa shape index (κ2) is 11.7. The van der Waals surface area contributed by atoms with Crippen LogP contribution in [0.25, 0.3) is 0 Å². The van der Waals surface area contributed by atoms with Crippen molar-refractivity contribution >= 4 is 29.9 Å². The Kier molecular flexibility index (Phi) is 10.3. The van der Waals surface area contributed by atoms with E-state index >= 15 is 0 Å². The first-order valence-electron chi connectivity index (χ1n) is 8.63. The summed E-state index contributed by atoms with van der Waals surface area (Å²) in [5.41, 5.74) is 1.36. The van der Waals surface area contributed by atoms with E-state index in [9.17, 15) is 0 Å². The zero-order valence-electron chi connectivity index (χ0n) is 14.4. The van der Waals surface area contributed by atoms with Crippen molar-refractivity contribution in [3.8, 4) is 0 Å². The van der Waals surface area contributed by atoms with E-state index < -0.39 is 0 Å². The number of rotatable bonds is 9. The molecule has 0 unspecified atom stereocenters. The fourth-order valence-corrected chi connectivity index (χ4v) is 2.64. The van der Waals surface area contributed by atoms with Gasteiger partial charge in [0, 0.05) is 25.7 Å². The molecule has 0 heterocycles. The van der Waals surface area contributed by atoms with Gasteiger partial charge in [0.1, 0.15) is 0 Å². The lowest BCUT2D eigenvalue weighted by atomic mass is 10.1. The number of hydrogen-bond acceptors (Lipinski definition) is 2. The molecule has 0 bridgehead atoms. The number of nitrogens with zero attached hydrogens (tertiary/aromatic N) is 2. The smallest absolute Gasteiger partial charge is 0.191 e. The molecule has 0 atom stereocenters. The van der Waals surface area contributed by atoms with Crippen molar-refractivity contribution in [1.82, 2.24) is 15.5 Å². The highest BCUT2D eigenvalue weighted by Gasteiger charge is 2.27. The molecule has 0 saturated heterocycles. The van der Waals surface area contributed by atoms with Gasteiger partial charge in [0.05, 0.1) is 6.54 Å². The minimum atomic E-state index is 0. The second-order valence-electron chi connectivity index (χ2n) is 5.78. The van der Waals surface area contributed by atoms with Crippen LogP contribution in [-0.2, 0) is 6.42 Å². The quantitative estimate of drug-likeness (QED) is 0.360. The predicted molar refractivity (Wildman–Crippen MR) is 110 cm³/mol. The summed E-state index contributed by atoms with van der Waals surface area (Å²) in [7, 11) is 0. The molecule has 0 radical (unpaired) electrons. The number of benzene rings is 1. The Balaban J connectivity index is 0.00000264. The van der Waals surface area contributed by atoms with Crippen LogP contribution in [0.15, 0.2) is 35.3 Å². The molecule has 130 valence electrons. The maximum absolute atomic E-state index is 4.70. The normalized spacial score (nSPS) is 14.5. The van der Waals surface area contributed by atoms with Crippen LogP contribution in [0.5, 0.6) is 0 Å². The second-order valence-corrected chi connectivity index (χ2v) is 5.78. The van der Waals surface area contributed by atoms with Gasteiger partial charge in [-0.05, 0) is 38.3 Å². The monoisotopic (exact) mass is 430 g/mol. The maximum Gasteiger partial charge on any atom is 0.191 e. The van der Waals surface area contributed by atoms with Gasteiger partial charge in [-0.3, -0.25) is 9.89 Å². The predicted octanol–water partition coefficient (Wildman–Crippen LogP) is 2.89. The summed E-state index contributed by atoms with van der Waals surface area (Å²) in [6.45, 7) is 9.23. The molecule has 5 heteroatoms. The lowest BCUT2D eigenvalue weighted by Gasteiger charge is -2.19. The average Bonchev–Trinajstić information content (AvgIpc) is 3.37. The van der Waals surface area contributed by atoms with Crippen molar-refractivity contribution in [3.05, 3.63) is 35.9 Å². The molecule has 0 spiro atoms. The van der Waals surface area contributed by atoms with Crippen molar-refractivity contribution in [2.45, 2.75) is 39.2 Å². The van der Waals surface area contributed by atoms with E-state index in [1.54, 1.807) is 0 Å². The Bertz CT molecular complexity index is 446. The van der Waals surface area contributed by atoms with E-state index in [4.69, 9.17) is 4.99 Å². The third kappa shape index (κ3) is 8.01. The van der Waals surface area contributed by atoms with Crippen molar-refractivity contribution < 1.29 is 0 Å². The zero-order valence-corrected chi connectivity index (χ0v) is 16.8. The summed E-state index contributed by atoms with van der Waals surface area (Å²) in [6.07, 6.45) is 3.76. The Morgan fingerprint density at radius 1 is 1.17 bits per heavy atom. The number of likely N-dealkylation sites (N-methyl/N-ethyl adjacent to an activating group) is 1. The van der Waals surface area contributed by atoms with Gasteiger partial charge in [0.2, 0.25) is 0 Å². The molecule has 1 aromatic rings. The molecule has 1 saturated carbocycles. The van der Waals surface area contributed by atoms with Crippen LogP contribution in [0.3, 0.4) is 0 Å². The number of hydrogen-bond donors (Lipinski definition) is 2. The van der Waals surface area contributed by atoms with Gasteiger partial charge in [-0.25, -0.2) is 0 Å². The number of aliphatic imine (C=N–C) groups is 1. The van der Waals surface area contributed by atoms with Gasteiger partial charge in [0.25, 0.3) is 0 Å².